The number of piperidine rings is 1. The number of rotatable bonds is 5. The Morgan fingerprint density at radius 3 is 2.76 bits per heavy atom. The van der Waals surface area contributed by atoms with Gasteiger partial charge in [-0.2, -0.15) is 0 Å². The third-order valence-corrected chi connectivity index (χ3v) is 5.21. The molecule has 25 heavy (non-hydrogen) atoms. The van der Waals surface area contributed by atoms with Gasteiger partial charge in [0.2, 0.25) is 5.91 Å². The van der Waals surface area contributed by atoms with E-state index in [-0.39, 0.29) is 18.1 Å². The van der Waals surface area contributed by atoms with Crippen LogP contribution < -0.4 is 0 Å². The lowest BCUT2D eigenvalue weighted by molar-refractivity contribution is -0.151. The van der Waals surface area contributed by atoms with Crippen molar-refractivity contribution >= 4 is 23.2 Å². The van der Waals surface area contributed by atoms with Crippen LogP contribution in [-0.4, -0.2) is 39.5 Å². The molecule has 2 aromatic rings. The summed E-state index contributed by atoms with van der Waals surface area (Å²) in [6.07, 6.45) is 2.87. The Kier molecular flexibility index (Phi) is 5.43. The standard InChI is InChI=1S/C18H19FN2O3S/c19-13-6-4-12(5-7-13)9-16-20-14(11-25-16)10-17(22)21-8-2-1-3-15(21)18(23)24/h4-7,11,15H,1-3,8-10H2,(H,23,24)/t15-/m0/s1. The Morgan fingerprint density at radius 2 is 2.04 bits per heavy atom. The number of carboxylic acids is 1. The molecule has 5 nitrogen and oxygen atoms in total. The van der Waals surface area contributed by atoms with Crippen LogP contribution in [0.15, 0.2) is 29.6 Å². The number of aliphatic carboxylic acids is 1. The molecule has 0 unspecified atom stereocenters. The van der Waals surface area contributed by atoms with E-state index in [1.165, 1.54) is 28.4 Å². The summed E-state index contributed by atoms with van der Waals surface area (Å²) in [5.74, 6) is -1.40. The molecule has 2 heterocycles. The van der Waals surface area contributed by atoms with Gasteiger partial charge in [0, 0.05) is 18.3 Å². The number of halogens is 1. The minimum Gasteiger partial charge on any atom is -0.480 e. The van der Waals surface area contributed by atoms with Crippen molar-refractivity contribution in [1.82, 2.24) is 9.88 Å². The molecule has 1 amide bonds. The zero-order chi connectivity index (χ0) is 17.8. The van der Waals surface area contributed by atoms with E-state index in [1.807, 2.05) is 5.38 Å². The van der Waals surface area contributed by atoms with Crippen LogP contribution in [-0.2, 0) is 22.4 Å². The number of benzene rings is 1. The topological polar surface area (TPSA) is 70.5 Å². The number of hydrogen-bond donors (Lipinski definition) is 1. The van der Waals surface area contributed by atoms with E-state index in [1.54, 1.807) is 12.1 Å². The summed E-state index contributed by atoms with van der Waals surface area (Å²) in [6, 6.07) is 5.53. The maximum absolute atomic E-state index is 12.9. The second-order valence-corrected chi connectivity index (χ2v) is 7.09. The minimum atomic E-state index is -0.941. The van der Waals surface area contributed by atoms with Gasteiger partial charge >= 0.3 is 5.97 Å². The Bertz CT molecular complexity index is 760. The van der Waals surface area contributed by atoms with Crippen molar-refractivity contribution in [2.45, 2.75) is 38.1 Å². The number of thiazole rings is 1. The molecule has 1 atom stereocenters. The summed E-state index contributed by atoms with van der Waals surface area (Å²) in [6.45, 7) is 0.488. The lowest BCUT2D eigenvalue weighted by Gasteiger charge is -2.32. The first-order valence-corrected chi connectivity index (χ1v) is 9.11. The summed E-state index contributed by atoms with van der Waals surface area (Å²) < 4.78 is 12.9. The van der Waals surface area contributed by atoms with Crippen molar-refractivity contribution < 1.29 is 19.1 Å². The van der Waals surface area contributed by atoms with E-state index in [4.69, 9.17) is 0 Å². The maximum atomic E-state index is 12.9. The fraction of sp³-hybridized carbons (Fsp3) is 0.389. The number of likely N-dealkylation sites (tertiary alicyclic amines) is 1. The molecular formula is C18H19FN2O3S. The highest BCUT2D eigenvalue weighted by atomic mass is 32.1. The third kappa shape index (κ3) is 4.42. The summed E-state index contributed by atoms with van der Waals surface area (Å²) in [4.78, 5) is 29.7. The lowest BCUT2D eigenvalue weighted by atomic mass is 10.0. The van der Waals surface area contributed by atoms with Crippen molar-refractivity contribution in [3.8, 4) is 0 Å². The fourth-order valence-electron chi connectivity index (χ4n) is 3.03. The number of nitrogens with zero attached hydrogens (tertiary/aromatic N) is 2. The molecule has 0 aliphatic carbocycles. The van der Waals surface area contributed by atoms with Crippen molar-refractivity contribution in [2.24, 2.45) is 0 Å². The van der Waals surface area contributed by atoms with Gasteiger partial charge in [-0.25, -0.2) is 14.2 Å². The third-order valence-electron chi connectivity index (χ3n) is 4.31. The zero-order valence-electron chi connectivity index (χ0n) is 13.7. The van der Waals surface area contributed by atoms with Crippen LogP contribution in [0.5, 0.6) is 0 Å². The zero-order valence-corrected chi connectivity index (χ0v) is 14.5. The Morgan fingerprint density at radius 1 is 1.28 bits per heavy atom. The molecule has 1 N–H and O–H groups in total. The van der Waals surface area contributed by atoms with E-state index in [0.717, 1.165) is 23.4 Å². The molecule has 1 fully saturated rings. The van der Waals surface area contributed by atoms with Crippen molar-refractivity contribution in [2.75, 3.05) is 6.54 Å². The van der Waals surface area contributed by atoms with Crippen LogP contribution in [0.25, 0.3) is 0 Å². The Hall–Kier alpha value is -2.28. The van der Waals surface area contributed by atoms with Crippen LogP contribution >= 0.6 is 11.3 Å². The predicted molar refractivity (Wildman–Crippen MR) is 92.0 cm³/mol. The lowest BCUT2D eigenvalue weighted by Crippen LogP contribution is -2.48. The largest absolute Gasteiger partial charge is 0.480 e. The first-order chi connectivity index (χ1) is 12.0. The van der Waals surface area contributed by atoms with Gasteiger partial charge in [-0.05, 0) is 37.0 Å². The number of carbonyl (C=O) groups excluding carboxylic acids is 1. The Labute approximate surface area is 149 Å². The van der Waals surface area contributed by atoms with Crippen LogP contribution in [0.3, 0.4) is 0 Å². The molecule has 0 radical (unpaired) electrons. The van der Waals surface area contributed by atoms with E-state index < -0.39 is 12.0 Å². The SMILES string of the molecule is O=C(O)[C@@H]1CCCCN1C(=O)Cc1csc(Cc2ccc(F)cc2)n1. The number of aromatic nitrogens is 1. The smallest absolute Gasteiger partial charge is 0.326 e. The average Bonchev–Trinajstić information content (AvgIpc) is 3.03. The molecule has 1 aromatic heterocycles. The molecule has 3 rings (SSSR count). The molecule has 132 valence electrons. The Balaban J connectivity index is 1.63. The highest BCUT2D eigenvalue weighted by molar-refractivity contribution is 7.09. The van der Waals surface area contributed by atoms with Gasteiger partial charge in [0.1, 0.15) is 11.9 Å². The molecular weight excluding hydrogens is 343 g/mol. The summed E-state index contributed by atoms with van der Waals surface area (Å²) in [7, 11) is 0. The van der Waals surface area contributed by atoms with Crippen molar-refractivity contribution in [3.05, 3.63) is 51.7 Å². The van der Waals surface area contributed by atoms with Gasteiger partial charge in [-0.15, -0.1) is 11.3 Å². The summed E-state index contributed by atoms with van der Waals surface area (Å²) in [5.41, 5.74) is 1.61. The quantitative estimate of drug-likeness (QED) is 0.888. The van der Waals surface area contributed by atoms with Gasteiger partial charge in [0.05, 0.1) is 17.1 Å². The molecule has 0 saturated carbocycles. The predicted octanol–water partition coefficient (Wildman–Crippen LogP) is 2.88. The van der Waals surface area contributed by atoms with Gasteiger partial charge in [-0.1, -0.05) is 12.1 Å². The van der Waals surface area contributed by atoms with Crippen LogP contribution in [0, 0.1) is 5.82 Å². The van der Waals surface area contributed by atoms with Crippen molar-refractivity contribution in [1.29, 1.82) is 0 Å². The highest BCUT2D eigenvalue weighted by Crippen LogP contribution is 2.20. The summed E-state index contributed by atoms with van der Waals surface area (Å²) in [5, 5.41) is 12.0. The van der Waals surface area contributed by atoms with E-state index >= 15 is 0 Å². The molecule has 1 saturated heterocycles. The van der Waals surface area contributed by atoms with Crippen molar-refractivity contribution in [3.63, 3.8) is 0 Å². The number of carboxylic acid groups (broad SMARTS) is 1. The van der Waals surface area contributed by atoms with E-state index in [0.29, 0.717) is 25.1 Å². The first-order valence-electron chi connectivity index (χ1n) is 8.23. The van der Waals surface area contributed by atoms with E-state index in [2.05, 4.69) is 4.98 Å². The van der Waals surface area contributed by atoms with Crippen LogP contribution in [0.1, 0.15) is 35.5 Å². The van der Waals surface area contributed by atoms with Gasteiger partial charge in [0.25, 0.3) is 0 Å². The molecule has 0 spiro atoms. The maximum Gasteiger partial charge on any atom is 0.326 e. The average molecular weight is 362 g/mol. The molecule has 1 aliphatic heterocycles. The normalized spacial score (nSPS) is 17.5. The monoisotopic (exact) mass is 362 g/mol. The van der Waals surface area contributed by atoms with E-state index in [9.17, 15) is 19.1 Å². The first kappa shape index (κ1) is 17.5. The molecule has 1 aromatic carbocycles. The molecule has 7 heteroatoms. The van der Waals surface area contributed by atoms with Gasteiger partial charge < -0.3 is 10.0 Å². The number of carbonyl (C=O) groups is 2. The number of amides is 1. The minimum absolute atomic E-state index is 0.115. The van der Waals surface area contributed by atoms with Crippen LogP contribution in [0.4, 0.5) is 4.39 Å². The number of hydrogen-bond acceptors (Lipinski definition) is 4. The van der Waals surface area contributed by atoms with Crippen LogP contribution in [0.2, 0.25) is 0 Å². The van der Waals surface area contributed by atoms with Gasteiger partial charge in [-0.3, -0.25) is 4.79 Å². The molecule has 0 bridgehead atoms. The highest BCUT2D eigenvalue weighted by Gasteiger charge is 2.31. The summed E-state index contributed by atoms with van der Waals surface area (Å²) >= 11 is 1.45. The van der Waals surface area contributed by atoms with Gasteiger partial charge in [0.15, 0.2) is 0 Å². The second-order valence-electron chi connectivity index (χ2n) is 6.15. The molecule has 1 aliphatic rings. The second kappa shape index (κ2) is 7.74. The fourth-order valence-corrected chi connectivity index (χ4v) is 3.86.